The minimum absolute atomic E-state index is 0.248. The molecule has 0 radical (unpaired) electrons. The Hall–Kier alpha value is -2.01. The van der Waals surface area contributed by atoms with E-state index < -0.39 is 5.41 Å². The summed E-state index contributed by atoms with van der Waals surface area (Å²) in [5.74, 6) is 5.46. The molecule has 2 heteroatoms. The fraction of sp³-hybridized carbons (Fsp3) is 0.267. The van der Waals surface area contributed by atoms with Gasteiger partial charge in [-0.05, 0) is 37.6 Å². The summed E-state index contributed by atoms with van der Waals surface area (Å²) in [6.07, 6.45) is 1.55. The van der Waals surface area contributed by atoms with Crippen molar-refractivity contribution in [2.24, 2.45) is 0 Å². The summed E-state index contributed by atoms with van der Waals surface area (Å²) in [5, 5.41) is 0. The molecule has 0 unspecified atom stereocenters. The smallest absolute Gasteiger partial charge is 0.315 e. The lowest BCUT2D eigenvalue weighted by Crippen LogP contribution is -2.30. The van der Waals surface area contributed by atoms with Crippen molar-refractivity contribution in [3.63, 3.8) is 0 Å². The quantitative estimate of drug-likeness (QED) is 0.574. The second kappa shape index (κ2) is 5.36. The van der Waals surface area contributed by atoms with Crippen LogP contribution in [0.25, 0.3) is 0 Å². The molecule has 0 spiro atoms. The first-order valence-electron chi connectivity index (χ1n) is 5.33. The number of allylic oxidation sites excluding steroid dienone is 1. The molecule has 0 saturated carbocycles. The van der Waals surface area contributed by atoms with E-state index in [-0.39, 0.29) is 5.97 Å². The van der Waals surface area contributed by atoms with Gasteiger partial charge in [-0.3, -0.25) is 4.79 Å². The van der Waals surface area contributed by atoms with E-state index in [4.69, 9.17) is 4.74 Å². The molecule has 2 nitrogen and oxygen atoms in total. The second-order valence-corrected chi connectivity index (χ2v) is 4.17. The van der Waals surface area contributed by atoms with Gasteiger partial charge in [-0.2, -0.15) is 0 Å². The molecule has 88 valence electrons. The molecule has 0 aliphatic carbocycles. The lowest BCUT2D eigenvalue weighted by Gasteiger charge is -2.21. The largest absolute Gasteiger partial charge is 0.468 e. The summed E-state index contributed by atoms with van der Waals surface area (Å²) in [6.45, 7) is 7.21. The Morgan fingerprint density at radius 1 is 1.35 bits per heavy atom. The van der Waals surface area contributed by atoms with Crippen LogP contribution in [0, 0.1) is 11.8 Å². The number of hydrogen-bond donors (Lipinski definition) is 0. The van der Waals surface area contributed by atoms with Crippen LogP contribution in [0.4, 0.5) is 0 Å². The number of ether oxygens (including phenoxy) is 1. The van der Waals surface area contributed by atoms with Crippen molar-refractivity contribution < 1.29 is 9.53 Å². The molecule has 0 saturated heterocycles. The summed E-state index contributed by atoms with van der Waals surface area (Å²) in [6, 6.07) is 7.56. The third-order valence-corrected chi connectivity index (χ3v) is 2.62. The van der Waals surface area contributed by atoms with E-state index in [1.165, 1.54) is 7.11 Å². The molecule has 0 aromatic heterocycles. The topological polar surface area (TPSA) is 26.3 Å². The first-order valence-corrected chi connectivity index (χ1v) is 5.33. The van der Waals surface area contributed by atoms with E-state index >= 15 is 0 Å². The predicted molar refractivity (Wildman–Crippen MR) is 68.6 cm³/mol. The molecule has 0 aliphatic rings. The van der Waals surface area contributed by atoms with Crippen molar-refractivity contribution in [3.05, 3.63) is 48.0 Å². The Morgan fingerprint density at radius 2 is 1.94 bits per heavy atom. The normalized spacial score (nSPS) is 10.1. The maximum atomic E-state index is 11.6. The number of rotatable bonds is 2. The Bertz CT molecular complexity index is 470. The molecule has 0 atom stereocenters. The van der Waals surface area contributed by atoms with Crippen LogP contribution in [0.3, 0.4) is 0 Å². The molecule has 0 heterocycles. The van der Waals surface area contributed by atoms with Crippen molar-refractivity contribution in [3.8, 4) is 11.8 Å². The molecule has 0 amide bonds. The van der Waals surface area contributed by atoms with Crippen molar-refractivity contribution >= 4 is 5.97 Å². The zero-order valence-electron chi connectivity index (χ0n) is 10.4. The van der Waals surface area contributed by atoms with E-state index in [0.29, 0.717) is 0 Å². The van der Waals surface area contributed by atoms with Crippen LogP contribution < -0.4 is 0 Å². The average Bonchev–Trinajstić information content (AvgIpc) is 2.35. The van der Waals surface area contributed by atoms with Gasteiger partial charge in [0.25, 0.3) is 0 Å². The van der Waals surface area contributed by atoms with Crippen LogP contribution in [0.1, 0.15) is 25.0 Å². The third-order valence-electron chi connectivity index (χ3n) is 2.62. The molecular weight excluding hydrogens is 212 g/mol. The van der Waals surface area contributed by atoms with E-state index in [2.05, 4.69) is 18.4 Å². The minimum atomic E-state index is -0.640. The maximum Gasteiger partial charge on any atom is 0.315 e. The lowest BCUT2D eigenvalue weighted by atomic mass is 9.84. The highest BCUT2D eigenvalue weighted by Gasteiger charge is 2.30. The maximum absolute atomic E-state index is 11.6. The highest BCUT2D eigenvalue weighted by molar-refractivity contribution is 5.82. The van der Waals surface area contributed by atoms with Gasteiger partial charge in [-0.1, -0.05) is 30.6 Å². The van der Waals surface area contributed by atoms with Gasteiger partial charge >= 0.3 is 5.97 Å². The highest BCUT2D eigenvalue weighted by atomic mass is 16.5. The summed E-state index contributed by atoms with van der Waals surface area (Å²) < 4.78 is 4.78. The fourth-order valence-electron chi connectivity index (χ4n) is 1.48. The first-order chi connectivity index (χ1) is 8.02. The van der Waals surface area contributed by atoms with Gasteiger partial charge in [-0.15, -0.1) is 0 Å². The van der Waals surface area contributed by atoms with Gasteiger partial charge < -0.3 is 4.74 Å². The molecule has 0 bridgehead atoms. The molecule has 1 aromatic carbocycles. The Balaban J connectivity index is 3.02. The Morgan fingerprint density at radius 3 is 2.41 bits per heavy atom. The number of benzene rings is 1. The molecule has 17 heavy (non-hydrogen) atoms. The van der Waals surface area contributed by atoms with E-state index in [9.17, 15) is 4.79 Å². The fourth-order valence-corrected chi connectivity index (χ4v) is 1.48. The Kier molecular flexibility index (Phi) is 4.12. The van der Waals surface area contributed by atoms with Crippen LogP contribution in [0.15, 0.2) is 36.9 Å². The average molecular weight is 228 g/mol. The van der Waals surface area contributed by atoms with Gasteiger partial charge in [-0.25, -0.2) is 0 Å². The van der Waals surface area contributed by atoms with E-state index in [1.807, 2.05) is 38.1 Å². The summed E-state index contributed by atoms with van der Waals surface area (Å²) in [7, 11) is 1.40. The summed E-state index contributed by atoms with van der Waals surface area (Å²) >= 11 is 0. The molecular formula is C15H16O2. The standard InChI is InChI=1S/C15H16O2/c1-5-6-7-12-8-10-13(11-9-12)15(2,3)14(16)17-4/h5,8-11H,1H2,2-4H3. The van der Waals surface area contributed by atoms with Crippen LogP contribution in [-0.4, -0.2) is 13.1 Å². The van der Waals surface area contributed by atoms with Crippen molar-refractivity contribution in [2.45, 2.75) is 19.3 Å². The lowest BCUT2D eigenvalue weighted by molar-refractivity contribution is -0.146. The van der Waals surface area contributed by atoms with Gasteiger partial charge in [0, 0.05) is 5.56 Å². The molecule has 0 aliphatic heterocycles. The summed E-state index contributed by atoms with van der Waals surface area (Å²) in [4.78, 5) is 11.6. The van der Waals surface area contributed by atoms with Gasteiger partial charge in [0.2, 0.25) is 0 Å². The monoisotopic (exact) mass is 228 g/mol. The highest BCUT2D eigenvalue weighted by Crippen LogP contribution is 2.24. The molecule has 0 N–H and O–H groups in total. The number of esters is 1. The SMILES string of the molecule is C=CC#Cc1ccc(C(C)(C)C(=O)OC)cc1. The van der Waals surface area contributed by atoms with Crippen LogP contribution in [-0.2, 0) is 14.9 Å². The molecule has 0 fully saturated rings. The van der Waals surface area contributed by atoms with Crippen molar-refractivity contribution in [2.75, 3.05) is 7.11 Å². The number of hydrogen-bond acceptors (Lipinski definition) is 2. The molecule has 1 aromatic rings. The number of methoxy groups -OCH3 is 1. The number of carbonyl (C=O) groups excluding carboxylic acids is 1. The van der Waals surface area contributed by atoms with E-state index in [1.54, 1.807) is 6.08 Å². The third kappa shape index (κ3) is 2.98. The van der Waals surface area contributed by atoms with Gasteiger partial charge in [0.15, 0.2) is 0 Å². The zero-order valence-corrected chi connectivity index (χ0v) is 10.4. The first kappa shape index (κ1) is 13.1. The van der Waals surface area contributed by atoms with Crippen LogP contribution in [0.5, 0.6) is 0 Å². The minimum Gasteiger partial charge on any atom is -0.468 e. The zero-order chi connectivity index (χ0) is 12.9. The van der Waals surface area contributed by atoms with Gasteiger partial charge in [0.1, 0.15) is 0 Å². The van der Waals surface area contributed by atoms with Crippen LogP contribution >= 0.6 is 0 Å². The number of carbonyl (C=O) groups is 1. The molecule has 1 rings (SSSR count). The second-order valence-electron chi connectivity index (χ2n) is 4.17. The Labute approximate surface area is 102 Å². The van der Waals surface area contributed by atoms with Crippen molar-refractivity contribution in [1.29, 1.82) is 0 Å². The van der Waals surface area contributed by atoms with E-state index in [0.717, 1.165) is 11.1 Å². The van der Waals surface area contributed by atoms with Gasteiger partial charge in [0.05, 0.1) is 12.5 Å². The van der Waals surface area contributed by atoms with Crippen molar-refractivity contribution in [1.82, 2.24) is 0 Å². The summed E-state index contributed by atoms with van der Waals surface area (Å²) in [5.41, 5.74) is 1.17. The predicted octanol–water partition coefficient (Wildman–Crippen LogP) is 2.67. The van der Waals surface area contributed by atoms with Crippen LogP contribution in [0.2, 0.25) is 0 Å².